The number of carbonyl (C=O) groups is 1. The van der Waals surface area contributed by atoms with E-state index in [0.29, 0.717) is 0 Å². The van der Waals surface area contributed by atoms with Crippen molar-refractivity contribution in [3.8, 4) is 0 Å². The van der Waals surface area contributed by atoms with Crippen LogP contribution in [0.1, 0.15) is 5.56 Å². The SMILES string of the molecule is COCC(N=C(c1ccccc1)C(F)(F)F)C(=O)OC. The van der Waals surface area contributed by atoms with E-state index >= 15 is 0 Å². The number of aliphatic imine (C=N–C) groups is 1. The zero-order valence-electron chi connectivity index (χ0n) is 11.0. The van der Waals surface area contributed by atoms with Crippen LogP contribution in [0.4, 0.5) is 13.2 Å². The van der Waals surface area contributed by atoms with E-state index in [1.807, 2.05) is 0 Å². The predicted molar refractivity (Wildman–Crippen MR) is 66.7 cm³/mol. The first-order chi connectivity index (χ1) is 9.40. The molecule has 0 aliphatic rings. The van der Waals surface area contributed by atoms with E-state index in [1.54, 1.807) is 6.07 Å². The summed E-state index contributed by atoms with van der Waals surface area (Å²) in [5, 5.41) is 0. The molecule has 20 heavy (non-hydrogen) atoms. The fourth-order valence-electron chi connectivity index (χ4n) is 1.52. The summed E-state index contributed by atoms with van der Waals surface area (Å²) in [7, 11) is 2.34. The topological polar surface area (TPSA) is 47.9 Å². The molecular weight excluding hydrogens is 275 g/mol. The van der Waals surface area contributed by atoms with Crippen LogP contribution in [0.15, 0.2) is 35.3 Å². The molecule has 0 fully saturated rings. The lowest BCUT2D eigenvalue weighted by Gasteiger charge is -2.15. The molecule has 1 atom stereocenters. The molecule has 0 spiro atoms. The van der Waals surface area contributed by atoms with Crippen LogP contribution in [-0.2, 0) is 14.3 Å². The van der Waals surface area contributed by atoms with Crippen LogP contribution in [0.2, 0.25) is 0 Å². The van der Waals surface area contributed by atoms with Crippen molar-refractivity contribution in [1.82, 2.24) is 0 Å². The van der Waals surface area contributed by atoms with Gasteiger partial charge >= 0.3 is 12.1 Å². The van der Waals surface area contributed by atoms with Crippen LogP contribution in [-0.4, -0.2) is 44.7 Å². The molecule has 4 nitrogen and oxygen atoms in total. The molecule has 0 radical (unpaired) electrons. The molecule has 1 unspecified atom stereocenters. The van der Waals surface area contributed by atoms with Gasteiger partial charge in [0.2, 0.25) is 0 Å². The van der Waals surface area contributed by atoms with Crippen molar-refractivity contribution in [2.75, 3.05) is 20.8 Å². The molecule has 0 bridgehead atoms. The summed E-state index contributed by atoms with van der Waals surface area (Å²) in [6.07, 6.45) is -4.68. The van der Waals surface area contributed by atoms with Crippen molar-refractivity contribution in [3.63, 3.8) is 0 Å². The summed E-state index contributed by atoms with van der Waals surface area (Å²) in [5.41, 5.74) is -1.25. The minimum absolute atomic E-state index is 0.120. The quantitative estimate of drug-likeness (QED) is 0.617. The summed E-state index contributed by atoms with van der Waals surface area (Å²) in [4.78, 5) is 14.9. The lowest BCUT2D eigenvalue weighted by atomic mass is 10.1. The van der Waals surface area contributed by atoms with Gasteiger partial charge in [-0.2, -0.15) is 13.2 Å². The molecule has 0 aliphatic carbocycles. The van der Waals surface area contributed by atoms with Crippen molar-refractivity contribution >= 4 is 11.7 Å². The summed E-state index contributed by atoms with van der Waals surface area (Å²) < 4.78 is 48.3. The highest BCUT2D eigenvalue weighted by Crippen LogP contribution is 2.23. The van der Waals surface area contributed by atoms with Gasteiger partial charge in [0.1, 0.15) is 5.71 Å². The minimum atomic E-state index is -4.68. The van der Waals surface area contributed by atoms with Crippen LogP contribution in [0.5, 0.6) is 0 Å². The Hall–Kier alpha value is -1.89. The molecule has 0 aromatic heterocycles. The first-order valence-electron chi connectivity index (χ1n) is 5.67. The Balaban J connectivity index is 3.22. The van der Waals surface area contributed by atoms with Gasteiger partial charge in [0.15, 0.2) is 6.04 Å². The predicted octanol–water partition coefficient (Wildman–Crippen LogP) is 2.23. The largest absolute Gasteiger partial charge is 0.467 e. The number of alkyl halides is 3. The number of methoxy groups -OCH3 is 2. The Kier molecular flexibility index (Phi) is 5.69. The molecule has 0 amide bonds. The van der Waals surface area contributed by atoms with Gasteiger partial charge in [-0.1, -0.05) is 30.3 Å². The van der Waals surface area contributed by atoms with Gasteiger partial charge in [-0.05, 0) is 0 Å². The second-order valence-corrected chi connectivity index (χ2v) is 3.84. The van der Waals surface area contributed by atoms with Crippen molar-refractivity contribution in [1.29, 1.82) is 0 Å². The van der Waals surface area contributed by atoms with Crippen LogP contribution >= 0.6 is 0 Å². The van der Waals surface area contributed by atoms with Gasteiger partial charge in [0.05, 0.1) is 13.7 Å². The van der Waals surface area contributed by atoms with Crippen LogP contribution in [0, 0.1) is 0 Å². The lowest BCUT2D eigenvalue weighted by molar-refractivity contribution is -0.143. The van der Waals surface area contributed by atoms with E-state index in [4.69, 9.17) is 4.74 Å². The summed E-state index contributed by atoms with van der Waals surface area (Å²) in [6.45, 7) is -0.293. The van der Waals surface area contributed by atoms with Crippen LogP contribution < -0.4 is 0 Å². The molecule has 0 heterocycles. The number of halogens is 3. The van der Waals surface area contributed by atoms with Gasteiger partial charge in [-0.3, -0.25) is 4.99 Å². The molecular formula is C13H14F3NO3. The fraction of sp³-hybridized carbons (Fsp3) is 0.385. The summed E-state index contributed by atoms with van der Waals surface area (Å²) in [5.74, 6) is -0.885. The average molecular weight is 289 g/mol. The number of carbonyl (C=O) groups excluding carboxylic acids is 1. The zero-order chi connectivity index (χ0) is 15.2. The third-order valence-electron chi connectivity index (χ3n) is 2.40. The zero-order valence-corrected chi connectivity index (χ0v) is 11.0. The number of esters is 1. The molecule has 0 saturated heterocycles. The van der Waals surface area contributed by atoms with Crippen LogP contribution in [0.3, 0.4) is 0 Å². The van der Waals surface area contributed by atoms with Gasteiger partial charge in [0.25, 0.3) is 0 Å². The third kappa shape index (κ3) is 4.34. The van der Waals surface area contributed by atoms with Crippen molar-refractivity contribution in [2.45, 2.75) is 12.2 Å². The maximum atomic E-state index is 13.1. The number of nitrogens with zero attached hydrogens (tertiary/aromatic N) is 1. The first kappa shape index (κ1) is 16.2. The monoisotopic (exact) mass is 289 g/mol. The van der Waals surface area contributed by atoms with Crippen molar-refractivity contribution in [3.05, 3.63) is 35.9 Å². The maximum absolute atomic E-state index is 13.1. The van der Waals surface area contributed by atoms with Crippen LogP contribution in [0.25, 0.3) is 0 Å². The molecule has 110 valence electrons. The van der Waals surface area contributed by atoms with Crippen molar-refractivity contribution in [2.24, 2.45) is 4.99 Å². The molecule has 1 aromatic rings. The number of benzene rings is 1. The van der Waals surface area contributed by atoms with Crippen molar-refractivity contribution < 1.29 is 27.4 Å². The number of hydrogen-bond donors (Lipinski definition) is 0. The molecule has 0 aliphatic heterocycles. The smallest absolute Gasteiger partial charge is 0.433 e. The second kappa shape index (κ2) is 7.04. The fourth-order valence-corrected chi connectivity index (χ4v) is 1.52. The first-order valence-corrected chi connectivity index (χ1v) is 5.67. The van der Waals surface area contributed by atoms with Gasteiger partial charge in [-0.25, -0.2) is 4.79 Å². The Morgan fingerprint density at radius 2 is 1.85 bits per heavy atom. The number of rotatable bonds is 5. The van der Waals surface area contributed by atoms with E-state index in [-0.39, 0.29) is 12.2 Å². The van der Waals surface area contributed by atoms with E-state index in [2.05, 4.69) is 9.73 Å². The number of hydrogen-bond acceptors (Lipinski definition) is 4. The third-order valence-corrected chi connectivity index (χ3v) is 2.40. The standard InChI is InChI=1S/C13H14F3NO3/c1-19-8-10(12(18)20-2)17-11(13(14,15)16)9-6-4-3-5-7-9/h3-7,10H,8H2,1-2H3. The van der Waals surface area contributed by atoms with E-state index in [1.165, 1.54) is 31.4 Å². The number of ether oxygens (including phenoxy) is 2. The normalized spacial score (nSPS) is 13.9. The van der Waals surface area contributed by atoms with Gasteiger partial charge in [-0.15, -0.1) is 0 Å². The van der Waals surface area contributed by atoms with E-state index < -0.39 is 23.9 Å². The summed E-state index contributed by atoms with van der Waals surface area (Å²) >= 11 is 0. The summed E-state index contributed by atoms with van der Waals surface area (Å²) in [6, 6.07) is 5.69. The highest BCUT2D eigenvalue weighted by Gasteiger charge is 2.38. The van der Waals surface area contributed by atoms with E-state index in [9.17, 15) is 18.0 Å². The Morgan fingerprint density at radius 1 is 1.25 bits per heavy atom. The highest BCUT2D eigenvalue weighted by molar-refractivity contribution is 6.05. The molecule has 1 rings (SSSR count). The Morgan fingerprint density at radius 3 is 2.30 bits per heavy atom. The minimum Gasteiger partial charge on any atom is -0.467 e. The highest BCUT2D eigenvalue weighted by atomic mass is 19.4. The average Bonchev–Trinajstić information content (AvgIpc) is 2.42. The second-order valence-electron chi connectivity index (χ2n) is 3.84. The molecule has 7 heteroatoms. The molecule has 0 saturated carbocycles. The van der Waals surface area contributed by atoms with Gasteiger partial charge < -0.3 is 9.47 Å². The van der Waals surface area contributed by atoms with E-state index in [0.717, 1.165) is 7.11 Å². The molecule has 0 N–H and O–H groups in total. The molecule has 1 aromatic carbocycles. The maximum Gasteiger partial charge on any atom is 0.433 e. The Bertz CT molecular complexity index is 471. The Labute approximate surface area is 114 Å². The lowest BCUT2D eigenvalue weighted by Crippen LogP contribution is -2.32. The van der Waals surface area contributed by atoms with Gasteiger partial charge in [0, 0.05) is 12.7 Å².